The number of nitrogens with zero attached hydrogens (tertiary/aromatic N) is 1. The maximum absolute atomic E-state index is 13.2. The minimum absolute atomic E-state index is 0.0599. The molecular formula is C19H27I3N4O9. The number of halogens is 3. The molecule has 0 aliphatic heterocycles. The van der Waals surface area contributed by atoms with Crippen LogP contribution in [0.3, 0.4) is 0 Å². The topological polar surface area (TPSA) is 226 Å². The summed E-state index contributed by atoms with van der Waals surface area (Å²) in [6.07, 6.45) is -2.92. The van der Waals surface area contributed by atoms with Gasteiger partial charge in [-0.2, -0.15) is 0 Å². The molecule has 1 aromatic carbocycles. The molecule has 10 N–H and O–H groups in total. The molecule has 0 bridgehead atoms. The van der Waals surface area contributed by atoms with Crippen molar-refractivity contribution < 1.29 is 45.0 Å². The number of aliphatic hydroxyl groups excluding tert-OH is 6. The Labute approximate surface area is 241 Å². The Morgan fingerprint density at radius 2 is 1.17 bits per heavy atom. The number of hydrogen-bond acceptors (Lipinski definition) is 10. The van der Waals surface area contributed by atoms with Gasteiger partial charge in [-0.1, -0.05) is 0 Å². The van der Waals surface area contributed by atoms with Crippen LogP contribution in [0, 0.1) is 10.7 Å². The molecule has 4 atom stereocenters. The summed E-state index contributed by atoms with van der Waals surface area (Å²) < 4.78 is 0.659. The number of rotatable bonds is 12. The van der Waals surface area contributed by atoms with E-state index in [1.54, 1.807) is 22.6 Å². The van der Waals surface area contributed by atoms with Gasteiger partial charge in [-0.15, -0.1) is 0 Å². The molecule has 1 aromatic rings. The highest BCUT2D eigenvalue weighted by Gasteiger charge is 2.33. The maximum Gasteiger partial charge on any atom is 0.253 e. The SMILES string of the molecule is CN(C(=O)CN)c1c(I)c(C(=O)NC(CO)C(O)CO)c(I)c(C(=O)NC(CO)C(O)CO)c1I. The van der Waals surface area contributed by atoms with Crippen molar-refractivity contribution in [1.82, 2.24) is 10.6 Å². The van der Waals surface area contributed by atoms with E-state index in [4.69, 9.17) is 5.73 Å². The summed E-state index contributed by atoms with van der Waals surface area (Å²) in [6.45, 7) is -3.19. The van der Waals surface area contributed by atoms with Crippen LogP contribution in [-0.4, -0.2) is 113 Å². The van der Waals surface area contributed by atoms with Crippen LogP contribution < -0.4 is 21.3 Å². The van der Waals surface area contributed by atoms with E-state index in [1.807, 2.05) is 45.2 Å². The number of carbonyl (C=O) groups is 3. The third-order valence-corrected chi connectivity index (χ3v) is 8.14. The molecule has 0 aliphatic carbocycles. The van der Waals surface area contributed by atoms with Gasteiger partial charge in [-0.05, 0) is 67.8 Å². The summed E-state index contributed by atoms with van der Waals surface area (Å²) in [6, 6.07) is -2.44. The summed E-state index contributed by atoms with van der Waals surface area (Å²) >= 11 is 5.40. The highest BCUT2D eigenvalue weighted by atomic mass is 127. The minimum Gasteiger partial charge on any atom is -0.394 e. The second kappa shape index (κ2) is 15.1. The van der Waals surface area contributed by atoms with Gasteiger partial charge in [0, 0.05) is 10.6 Å². The van der Waals surface area contributed by atoms with Crippen molar-refractivity contribution >= 4 is 91.2 Å². The summed E-state index contributed by atoms with van der Waals surface area (Å²) in [5.41, 5.74) is 5.55. The zero-order valence-corrected chi connectivity index (χ0v) is 24.9. The van der Waals surface area contributed by atoms with E-state index >= 15 is 0 Å². The number of aliphatic hydroxyl groups is 6. The largest absolute Gasteiger partial charge is 0.394 e. The average molecular weight is 836 g/mol. The molecule has 13 nitrogen and oxygen atoms in total. The third kappa shape index (κ3) is 7.77. The highest BCUT2D eigenvalue weighted by Crippen LogP contribution is 2.37. The van der Waals surface area contributed by atoms with E-state index in [0.29, 0.717) is 0 Å². The summed E-state index contributed by atoms with van der Waals surface area (Å²) in [4.78, 5) is 40.0. The Balaban J connectivity index is 3.76. The second-order valence-electron chi connectivity index (χ2n) is 7.22. The number of amides is 3. The Morgan fingerprint density at radius 3 is 1.46 bits per heavy atom. The van der Waals surface area contributed by atoms with Crippen LogP contribution in [-0.2, 0) is 4.79 Å². The molecule has 0 aromatic heterocycles. The molecule has 0 aliphatic rings. The monoisotopic (exact) mass is 836 g/mol. The highest BCUT2D eigenvalue weighted by molar-refractivity contribution is 14.1. The van der Waals surface area contributed by atoms with Crippen LogP contribution in [0.2, 0.25) is 0 Å². The second-order valence-corrected chi connectivity index (χ2v) is 10.5. The van der Waals surface area contributed by atoms with Crippen LogP contribution in [0.4, 0.5) is 5.69 Å². The lowest BCUT2D eigenvalue weighted by molar-refractivity contribution is -0.117. The Bertz CT molecular complexity index is 878. The van der Waals surface area contributed by atoms with Crippen molar-refractivity contribution in [2.75, 3.05) is 44.9 Å². The molecule has 4 unspecified atom stereocenters. The zero-order chi connectivity index (χ0) is 27.0. The van der Waals surface area contributed by atoms with Crippen molar-refractivity contribution in [3.63, 3.8) is 0 Å². The van der Waals surface area contributed by atoms with Gasteiger partial charge in [-0.3, -0.25) is 14.4 Å². The Hall–Kier alpha value is -0.460. The lowest BCUT2D eigenvalue weighted by Gasteiger charge is -2.27. The molecule has 0 radical (unpaired) electrons. The number of nitrogens with one attached hydrogen (secondary N) is 2. The lowest BCUT2D eigenvalue weighted by atomic mass is 10.0. The van der Waals surface area contributed by atoms with Gasteiger partial charge in [0.2, 0.25) is 5.91 Å². The fourth-order valence-corrected chi connectivity index (χ4v) is 7.74. The van der Waals surface area contributed by atoms with Crippen molar-refractivity contribution in [2.24, 2.45) is 5.73 Å². The summed E-state index contributed by atoms with van der Waals surface area (Å²) in [7, 11) is 1.41. The molecule has 0 fully saturated rings. The van der Waals surface area contributed by atoms with Crippen LogP contribution in [0.25, 0.3) is 0 Å². The first-order valence-corrected chi connectivity index (χ1v) is 13.2. The molecular weight excluding hydrogens is 809 g/mol. The standard InChI is InChI=1S/C19H27I3N4O9/c1-26(11(33)2-23)17-15(21)12(18(34)24-7(3-27)9(31)5-29)14(20)13(16(17)22)19(35)25-8(4-28)10(32)6-30/h7-10,27-32H,2-6,23H2,1H3,(H,24,34)(H,25,35). The number of benzene rings is 1. The average Bonchev–Trinajstić information content (AvgIpc) is 2.83. The van der Waals surface area contributed by atoms with Gasteiger partial charge >= 0.3 is 0 Å². The fraction of sp³-hybridized carbons (Fsp3) is 0.526. The Kier molecular flexibility index (Phi) is 14.0. The van der Waals surface area contributed by atoms with E-state index in [9.17, 15) is 45.0 Å². The molecule has 0 saturated carbocycles. The van der Waals surface area contributed by atoms with Crippen molar-refractivity contribution in [1.29, 1.82) is 0 Å². The fourth-order valence-electron chi connectivity index (χ4n) is 2.87. The smallest absolute Gasteiger partial charge is 0.253 e. The Morgan fingerprint density at radius 1 is 0.800 bits per heavy atom. The van der Waals surface area contributed by atoms with Crippen LogP contribution in [0.15, 0.2) is 0 Å². The number of hydrogen-bond donors (Lipinski definition) is 9. The van der Waals surface area contributed by atoms with E-state index in [0.717, 1.165) is 0 Å². The minimum atomic E-state index is -1.46. The molecule has 0 saturated heterocycles. The van der Waals surface area contributed by atoms with E-state index in [1.165, 1.54) is 11.9 Å². The predicted octanol–water partition coefficient (Wildman–Crippen LogP) is -2.69. The number of carbonyl (C=O) groups excluding carboxylic acids is 3. The lowest BCUT2D eigenvalue weighted by Crippen LogP contribution is -2.49. The summed E-state index contributed by atoms with van der Waals surface area (Å²) in [5.74, 6) is -2.13. The van der Waals surface area contributed by atoms with Gasteiger partial charge in [0.05, 0.1) is 81.2 Å². The first kappa shape index (κ1) is 32.6. The molecule has 0 heterocycles. The molecule has 198 valence electrons. The van der Waals surface area contributed by atoms with Crippen LogP contribution in [0.1, 0.15) is 20.7 Å². The first-order valence-electron chi connectivity index (χ1n) is 9.99. The number of likely N-dealkylation sites (N-methyl/N-ethyl adjacent to an activating group) is 1. The molecule has 1 rings (SSSR count). The van der Waals surface area contributed by atoms with Crippen molar-refractivity contribution in [2.45, 2.75) is 24.3 Å². The van der Waals surface area contributed by atoms with E-state index in [-0.39, 0.29) is 34.1 Å². The van der Waals surface area contributed by atoms with E-state index in [2.05, 4.69) is 10.6 Å². The zero-order valence-electron chi connectivity index (χ0n) is 18.4. The normalized spacial score (nSPS) is 14.6. The van der Waals surface area contributed by atoms with Crippen molar-refractivity contribution in [3.8, 4) is 0 Å². The summed E-state index contributed by atoms with van der Waals surface area (Å²) in [5, 5.41) is 61.9. The van der Waals surface area contributed by atoms with Gasteiger partial charge < -0.3 is 51.9 Å². The van der Waals surface area contributed by atoms with E-state index < -0.39 is 68.4 Å². The van der Waals surface area contributed by atoms with Crippen molar-refractivity contribution in [3.05, 3.63) is 21.8 Å². The van der Waals surface area contributed by atoms with Crippen LogP contribution in [0.5, 0.6) is 0 Å². The van der Waals surface area contributed by atoms with Gasteiger partial charge in [0.15, 0.2) is 0 Å². The maximum atomic E-state index is 13.2. The molecule has 35 heavy (non-hydrogen) atoms. The van der Waals surface area contributed by atoms with Gasteiger partial charge in [0.25, 0.3) is 11.8 Å². The number of anilines is 1. The third-order valence-electron chi connectivity index (χ3n) is 4.96. The number of nitrogens with two attached hydrogens (primary N) is 1. The first-order chi connectivity index (χ1) is 16.4. The van der Waals surface area contributed by atoms with Gasteiger partial charge in [0.1, 0.15) is 0 Å². The molecule has 16 heteroatoms. The molecule has 3 amide bonds. The van der Waals surface area contributed by atoms with Crippen LogP contribution >= 0.6 is 67.8 Å². The molecule has 0 spiro atoms. The predicted molar refractivity (Wildman–Crippen MR) is 150 cm³/mol. The quantitative estimate of drug-likeness (QED) is 0.0992. The van der Waals surface area contributed by atoms with Gasteiger partial charge in [-0.25, -0.2) is 0 Å².